The van der Waals surface area contributed by atoms with E-state index in [9.17, 15) is 0 Å². The maximum Gasteiger partial charge on any atom is 0.132 e. The van der Waals surface area contributed by atoms with Gasteiger partial charge in [-0.1, -0.05) is 12.1 Å². The topological polar surface area (TPSA) is 38.2 Å². The summed E-state index contributed by atoms with van der Waals surface area (Å²) in [5, 5.41) is 0. The minimum atomic E-state index is 0.291. The van der Waals surface area contributed by atoms with E-state index in [2.05, 4.69) is 46.9 Å². The third kappa shape index (κ3) is 3.38. The number of aromatic nitrogens is 2. The van der Waals surface area contributed by atoms with Gasteiger partial charge in [0.05, 0.1) is 0 Å². The second-order valence-corrected chi connectivity index (χ2v) is 6.09. The number of piperidine rings is 1. The summed E-state index contributed by atoms with van der Waals surface area (Å²) in [5.74, 6) is 2.05. The molecular formula is C18H23N3O. The lowest BCUT2D eigenvalue weighted by Crippen LogP contribution is -2.38. The monoisotopic (exact) mass is 297 g/mol. The van der Waals surface area contributed by atoms with Gasteiger partial charge < -0.3 is 9.64 Å². The van der Waals surface area contributed by atoms with Gasteiger partial charge in [0.15, 0.2) is 0 Å². The molecule has 0 N–H and O–H groups in total. The zero-order chi connectivity index (χ0) is 15.5. The van der Waals surface area contributed by atoms with Gasteiger partial charge in [0, 0.05) is 37.7 Å². The van der Waals surface area contributed by atoms with E-state index in [0.29, 0.717) is 6.10 Å². The predicted molar refractivity (Wildman–Crippen MR) is 88.5 cm³/mol. The van der Waals surface area contributed by atoms with E-state index in [4.69, 9.17) is 4.74 Å². The molecule has 0 saturated carbocycles. The van der Waals surface area contributed by atoms with Crippen LogP contribution in [0.15, 0.2) is 30.6 Å². The van der Waals surface area contributed by atoms with E-state index in [1.54, 1.807) is 6.33 Å². The van der Waals surface area contributed by atoms with Crippen LogP contribution >= 0.6 is 0 Å². The molecule has 1 aromatic carbocycles. The number of ether oxygens (including phenoxy) is 1. The largest absolute Gasteiger partial charge is 0.490 e. The number of hydrogen-bond donors (Lipinski definition) is 0. The molecule has 1 aromatic heterocycles. The smallest absolute Gasteiger partial charge is 0.132 e. The van der Waals surface area contributed by atoms with Crippen LogP contribution in [0.2, 0.25) is 0 Å². The highest BCUT2D eigenvalue weighted by atomic mass is 16.5. The van der Waals surface area contributed by atoms with Crippen molar-refractivity contribution in [3.05, 3.63) is 47.4 Å². The molecule has 0 unspecified atom stereocenters. The summed E-state index contributed by atoms with van der Waals surface area (Å²) in [5.41, 5.74) is 3.47. The van der Waals surface area contributed by atoms with Crippen molar-refractivity contribution in [3.63, 3.8) is 0 Å². The molecular weight excluding hydrogens is 274 g/mol. The molecule has 0 bridgehead atoms. The molecule has 1 aliphatic heterocycles. The van der Waals surface area contributed by atoms with Crippen molar-refractivity contribution in [2.45, 2.75) is 39.7 Å². The van der Waals surface area contributed by atoms with Crippen LogP contribution in [0.3, 0.4) is 0 Å². The highest BCUT2D eigenvalue weighted by Gasteiger charge is 2.22. The van der Waals surface area contributed by atoms with E-state index in [1.165, 1.54) is 11.1 Å². The lowest BCUT2D eigenvalue weighted by Gasteiger charge is -2.33. The average Bonchev–Trinajstić information content (AvgIpc) is 2.52. The molecule has 1 fully saturated rings. The fourth-order valence-electron chi connectivity index (χ4n) is 2.83. The van der Waals surface area contributed by atoms with Gasteiger partial charge in [0.2, 0.25) is 0 Å². The Hall–Kier alpha value is -2.10. The molecule has 0 amide bonds. The molecule has 0 atom stereocenters. The fraction of sp³-hybridized carbons (Fsp3) is 0.444. The molecule has 116 valence electrons. The predicted octanol–water partition coefficient (Wildman–Crippen LogP) is 3.45. The van der Waals surface area contributed by atoms with Crippen molar-refractivity contribution in [1.29, 1.82) is 0 Å². The first-order valence-corrected chi connectivity index (χ1v) is 7.89. The second-order valence-electron chi connectivity index (χ2n) is 6.09. The van der Waals surface area contributed by atoms with Crippen LogP contribution in [-0.4, -0.2) is 29.2 Å². The SMILES string of the molecule is Cc1ccc(C)c(OC2CCN(c3cc(C)ncn3)CC2)c1. The van der Waals surface area contributed by atoms with Crippen LogP contribution in [0.25, 0.3) is 0 Å². The van der Waals surface area contributed by atoms with Gasteiger partial charge in [-0.05, 0) is 38.0 Å². The minimum absolute atomic E-state index is 0.291. The van der Waals surface area contributed by atoms with Gasteiger partial charge in [-0.25, -0.2) is 9.97 Å². The summed E-state index contributed by atoms with van der Waals surface area (Å²) in [7, 11) is 0. The van der Waals surface area contributed by atoms with E-state index in [1.807, 2.05) is 13.0 Å². The first-order chi connectivity index (χ1) is 10.6. The Balaban J connectivity index is 1.61. The Bertz CT molecular complexity index is 649. The van der Waals surface area contributed by atoms with Crippen LogP contribution in [0, 0.1) is 20.8 Å². The third-order valence-electron chi connectivity index (χ3n) is 4.19. The van der Waals surface area contributed by atoms with Crippen molar-refractivity contribution in [2.24, 2.45) is 0 Å². The molecule has 0 radical (unpaired) electrons. The molecule has 4 heteroatoms. The summed E-state index contributed by atoms with van der Waals surface area (Å²) in [6.07, 6.45) is 3.98. The van der Waals surface area contributed by atoms with Gasteiger partial charge in [0.1, 0.15) is 24.0 Å². The minimum Gasteiger partial charge on any atom is -0.490 e. The van der Waals surface area contributed by atoms with E-state index in [-0.39, 0.29) is 0 Å². The summed E-state index contributed by atoms with van der Waals surface area (Å²) < 4.78 is 6.22. The van der Waals surface area contributed by atoms with Gasteiger partial charge in [0.25, 0.3) is 0 Å². The van der Waals surface area contributed by atoms with Gasteiger partial charge in [-0.15, -0.1) is 0 Å². The zero-order valence-electron chi connectivity index (χ0n) is 13.5. The Morgan fingerprint density at radius 2 is 1.82 bits per heavy atom. The number of nitrogens with zero attached hydrogens (tertiary/aromatic N) is 3. The molecule has 4 nitrogen and oxygen atoms in total. The molecule has 0 aliphatic carbocycles. The van der Waals surface area contributed by atoms with Gasteiger partial charge in [-0.2, -0.15) is 0 Å². The van der Waals surface area contributed by atoms with Crippen LogP contribution < -0.4 is 9.64 Å². The van der Waals surface area contributed by atoms with Crippen LogP contribution in [0.4, 0.5) is 5.82 Å². The lowest BCUT2D eigenvalue weighted by atomic mass is 10.1. The molecule has 2 heterocycles. The Labute approximate surface area is 132 Å². The average molecular weight is 297 g/mol. The second kappa shape index (κ2) is 6.34. The van der Waals surface area contributed by atoms with Crippen LogP contribution in [0.1, 0.15) is 29.7 Å². The quantitative estimate of drug-likeness (QED) is 0.869. The maximum absolute atomic E-state index is 6.22. The first-order valence-electron chi connectivity index (χ1n) is 7.89. The first kappa shape index (κ1) is 14.8. The zero-order valence-corrected chi connectivity index (χ0v) is 13.5. The standard InChI is InChI=1S/C18H23N3O/c1-13-4-5-14(2)17(10-13)22-16-6-8-21(9-7-16)18-11-15(3)19-12-20-18/h4-5,10-12,16H,6-9H2,1-3H3. The summed E-state index contributed by atoms with van der Waals surface area (Å²) in [6, 6.07) is 8.44. The molecule has 3 rings (SSSR count). The van der Waals surface area contributed by atoms with E-state index in [0.717, 1.165) is 43.2 Å². The molecule has 0 spiro atoms. The fourth-order valence-corrected chi connectivity index (χ4v) is 2.83. The highest BCUT2D eigenvalue weighted by molar-refractivity contribution is 5.39. The third-order valence-corrected chi connectivity index (χ3v) is 4.19. The van der Waals surface area contributed by atoms with E-state index >= 15 is 0 Å². The summed E-state index contributed by atoms with van der Waals surface area (Å²) in [6.45, 7) is 8.17. The normalized spacial score (nSPS) is 15.9. The van der Waals surface area contributed by atoms with Crippen molar-refractivity contribution < 1.29 is 4.74 Å². The number of rotatable bonds is 3. The number of anilines is 1. The number of aryl methyl sites for hydroxylation is 3. The van der Waals surface area contributed by atoms with Crippen molar-refractivity contribution >= 4 is 5.82 Å². The Kier molecular flexibility index (Phi) is 4.27. The lowest BCUT2D eigenvalue weighted by molar-refractivity contribution is 0.169. The van der Waals surface area contributed by atoms with Crippen molar-refractivity contribution in [2.75, 3.05) is 18.0 Å². The molecule has 1 aliphatic rings. The van der Waals surface area contributed by atoms with Crippen LogP contribution in [-0.2, 0) is 0 Å². The molecule has 2 aromatic rings. The highest BCUT2D eigenvalue weighted by Crippen LogP contribution is 2.25. The Morgan fingerprint density at radius 1 is 1.05 bits per heavy atom. The Morgan fingerprint density at radius 3 is 2.55 bits per heavy atom. The number of hydrogen-bond acceptors (Lipinski definition) is 4. The van der Waals surface area contributed by atoms with Gasteiger partial charge in [-0.3, -0.25) is 0 Å². The van der Waals surface area contributed by atoms with E-state index < -0.39 is 0 Å². The summed E-state index contributed by atoms with van der Waals surface area (Å²) in [4.78, 5) is 10.9. The maximum atomic E-state index is 6.22. The van der Waals surface area contributed by atoms with Crippen LogP contribution in [0.5, 0.6) is 5.75 Å². The molecule has 1 saturated heterocycles. The van der Waals surface area contributed by atoms with Crippen molar-refractivity contribution in [3.8, 4) is 5.75 Å². The molecule has 22 heavy (non-hydrogen) atoms. The van der Waals surface area contributed by atoms with Crippen molar-refractivity contribution in [1.82, 2.24) is 9.97 Å². The number of benzene rings is 1. The van der Waals surface area contributed by atoms with Gasteiger partial charge >= 0.3 is 0 Å². The summed E-state index contributed by atoms with van der Waals surface area (Å²) >= 11 is 0.